The standard InChI is InChI=1S/C42H62N10O10/c1-5-24(4)35-41(61)49-30(22-32-44-18-19-45-32)42(62)52-20-8-10-31(52)39(59)47-28(15-16-33(54)55)36(56)46-27(9-6-7-17-43)37(57)50-34(23(2)3)40(60)48-29(38(58)51-35)21-25-11-13-26(53)14-12-25/h11-14,18-19,23-24,27-31,34-35,53H,5-10,15-17,20-22,43H2,1-4H3,(H,44,45)(H,46,56)(H,47,59)(H,48,60)(H,49,61)(H,50,57)(H,51,58)(H,54,55)/t24-,27-,28-,29-,30-,31+,34+,35+/m0/s1. The number of hydrogen-bond acceptors (Lipinski definition) is 11. The molecule has 4 rings (SSSR count). The second-order valence-electron chi connectivity index (χ2n) is 16.4. The third-order valence-corrected chi connectivity index (χ3v) is 11.3. The number of rotatable bonds is 14. The summed E-state index contributed by atoms with van der Waals surface area (Å²) in [5.74, 6) is -7.10. The number of phenolic OH excluding ortho intramolecular Hbond substituents is 1. The monoisotopic (exact) mass is 866 g/mol. The topological polar surface area (TPSA) is 307 Å². The molecule has 8 atom stereocenters. The van der Waals surface area contributed by atoms with Crippen molar-refractivity contribution in [2.45, 2.75) is 134 Å². The molecule has 1 aromatic heterocycles. The molecule has 20 nitrogen and oxygen atoms in total. The number of amides is 7. The number of nitrogens with two attached hydrogens (primary N) is 1. The summed E-state index contributed by atoms with van der Waals surface area (Å²) in [4.78, 5) is 119. The number of H-pyrrole nitrogens is 1. The average Bonchev–Trinajstić information content (AvgIpc) is 3.95. The van der Waals surface area contributed by atoms with Crippen LogP contribution in [0.2, 0.25) is 0 Å². The lowest BCUT2D eigenvalue weighted by molar-refractivity contribution is -0.143. The van der Waals surface area contributed by atoms with Gasteiger partial charge in [0, 0.05) is 38.2 Å². The van der Waals surface area contributed by atoms with Gasteiger partial charge < -0.3 is 57.7 Å². The molecule has 1 aromatic carbocycles. The van der Waals surface area contributed by atoms with Crippen molar-refractivity contribution in [2.24, 2.45) is 17.6 Å². The molecule has 2 aromatic rings. The normalized spacial score (nSPS) is 25.4. The molecule has 0 radical (unpaired) electrons. The van der Waals surface area contributed by atoms with Crippen LogP contribution in [0.5, 0.6) is 5.75 Å². The van der Waals surface area contributed by atoms with Crippen molar-refractivity contribution in [2.75, 3.05) is 13.1 Å². The molecule has 0 bridgehead atoms. The highest BCUT2D eigenvalue weighted by molar-refractivity contribution is 5.99. The number of carbonyl (C=O) groups excluding carboxylic acids is 7. The van der Waals surface area contributed by atoms with Gasteiger partial charge in [0.05, 0.1) is 0 Å². The molecular weight excluding hydrogens is 805 g/mol. The zero-order valence-corrected chi connectivity index (χ0v) is 35.8. The number of carboxylic acids is 1. The molecule has 0 spiro atoms. The van der Waals surface area contributed by atoms with Gasteiger partial charge in [0.15, 0.2) is 0 Å². The lowest BCUT2D eigenvalue weighted by atomic mass is 9.96. The highest BCUT2D eigenvalue weighted by atomic mass is 16.4. The maximum absolute atomic E-state index is 14.5. The number of benzene rings is 1. The minimum Gasteiger partial charge on any atom is -0.508 e. The molecular formula is C42H62N10O10. The van der Waals surface area contributed by atoms with Crippen LogP contribution in [-0.4, -0.2) is 128 Å². The van der Waals surface area contributed by atoms with Gasteiger partial charge in [-0.15, -0.1) is 0 Å². The fourth-order valence-corrected chi connectivity index (χ4v) is 7.49. The first kappa shape index (κ1) is 48.6. The van der Waals surface area contributed by atoms with Crippen LogP contribution in [0.25, 0.3) is 0 Å². The Bertz CT molecular complexity index is 1870. The molecule has 2 saturated heterocycles. The number of fused-ring (bicyclic) bond motifs is 1. The van der Waals surface area contributed by atoms with Crippen molar-refractivity contribution in [3.63, 3.8) is 0 Å². The molecule has 20 heteroatoms. The molecule has 7 amide bonds. The fraction of sp³-hybridized carbons (Fsp3) is 0.595. The van der Waals surface area contributed by atoms with Gasteiger partial charge in [0.25, 0.3) is 0 Å². The maximum atomic E-state index is 14.5. The highest BCUT2D eigenvalue weighted by Gasteiger charge is 2.41. The van der Waals surface area contributed by atoms with Crippen LogP contribution < -0.4 is 37.6 Å². The van der Waals surface area contributed by atoms with Gasteiger partial charge in [-0.05, 0) is 74.6 Å². The van der Waals surface area contributed by atoms with E-state index in [9.17, 15) is 48.6 Å². The van der Waals surface area contributed by atoms with E-state index < -0.39 is 108 Å². The van der Waals surface area contributed by atoms with Crippen LogP contribution in [-0.2, 0) is 51.2 Å². The minimum absolute atomic E-state index is 0.0226. The third kappa shape index (κ3) is 13.7. The highest BCUT2D eigenvalue weighted by Crippen LogP contribution is 2.21. The third-order valence-electron chi connectivity index (χ3n) is 11.3. The summed E-state index contributed by atoms with van der Waals surface area (Å²) in [6.45, 7) is 7.33. The second kappa shape index (κ2) is 23.2. The predicted molar refractivity (Wildman–Crippen MR) is 224 cm³/mol. The Morgan fingerprint density at radius 1 is 0.774 bits per heavy atom. The number of carboxylic acid groups (broad SMARTS) is 1. The molecule has 62 heavy (non-hydrogen) atoms. The predicted octanol–water partition coefficient (Wildman–Crippen LogP) is -0.490. The van der Waals surface area contributed by atoms with Crippen LogP contribution in [0.4, 0.5) is 0 Å². The summed E-state index contributed by atoms with van der Waals surface area (Å²) in [6, 6.07) is -2.85. The quantitative estimate of drug-likeness (QED) is 0.108. The first-order chi connectivity index (χ1) is 29.5. The van der Waals surface area contributed by atoms with E-state index in [1.165, 1.54) is 23.2 Å². The summed E-state index contributed by atoms with van der Waals surface area (Å²) < 4.78 is 0. The van der Waals surface area contributed by atoms with Gasteiger partial charge in [-0.2, -0.15) is 0 Å². The van der Waals surface area contributed by atoms with Crippen LogP contribution in [0.3, 0.4) is 0 Å². The van der Waals surface area contributed by atoms with E-state index in [4.69, 9.17) is 5.73 Å². The van der Waals surface area contributed by atoms with E-state index in [1.54, 1.807) is 39.1 Å². The second-order valence-corrected chi connectivity index (χ2v) is 16.4. The number of nitrogens with zero attached hydrogens (tertiary/aromatic N) is 2. The molecule has 3 heterocycles. The number of aromatic hydroxyl groups is 1. The van der Waals surface area contributed by atoms with E-state index in [-0.39, 0.29) is 44.4 Å². The number of aromatic nitrogens is 2. The summed E-state index contributed by atoms with van der Waals surface area (Å²) in [5, 5.41) is 35.8. The van der Waals surface area contributed by atoms with Crippen molar-refractivity contribution in [3.05, 3.63) is 48.0 Å². The molecule has 2 fully saturated rings. The number of carbonyl (C=O) groups is 8. The summed E-state index contributed by atoms with van der Waals surface area (Å²) in [7, 11) is 0. The molecule has 0 aliphatic carbocycles. The Balaban J connectivity index is 1.82. The van der Waals surface area contributed by atoms with Gasteiger partial charge in [0.1, 0.15) is 53.9 Å². The molecule has 0 saturated carbocycles. The number of aromatic amines is 1. The number of hydrogen-bond donors (Lipinski definition) is 10. The Hall–Kier alpha value is -6.05. The van der Waals surface area contributed by atoms with Crippen molar-refractivity contribution in [1.29, 1.82) is 0 Å². The minimum atomic E-state index is -1.44. The lowest BCUT2D eigenvalue weighted by Crippen LogP contribution is -2.61. The summed E-state index contributed by atoms with van der Waals surface area (Å²) in [5.41, 5.74) is 6.27. The largest absolute Gasteiger partial charge is 0.508 e. The van der Waals surface area contributed by atoms with Gasteiger partial charge in [-0.25, -0.2) is 4.98 Å². The van der Waals surface area contributed by atoms with Crippen LogP contribution in [0.1, 0.15) is 90.4 Å². The number of aliphatic carboxylic acids is 1. The maximum Gasteiger partial charge on any atom is 0.303 e. The molecule has 2 aliphatic rings. The van der Waals surface area contributed by atoms with E-state index in [2.05, 4.69) is 41.9 Å². The summed E-state index contributed by atoms with van der Waals surface area (Å²) >= 11 is 0. The first-order valence-corrected chi connectivity index (χ1v) is 21.3. The zero-order valence-electron chi connectivity index (χ0n) is 35.8. The Kier molecular flexibility index (Phi) is 18.2. The Labute approximate surface area is 360 Å². The van der Waals surface area contributed by atoms with E-state index in [1.807, 2.05) is 6.92 Å². The lowest BCUT2D eigenvalue weighted by Gasteiger charge is -2.31. The fourth-order valence-electron chi connectivity index (χ4n) is 7.49. The van der Waals surface area contributed by atoms with E-state index in [0.29, 0.717) is 43.6 Å². The van der Waals surface area contributed by atoms with E-state index >= 15 is 0 Å². The van der Waals surface area contributed by atoms with Gasteiger partial charge >= 0.3 is 5.97 Å². The first-order valence-electron chi connectivity index (χ1n) is 21.3. The number of imidazole rings is 1. The molecule has 0 unspecified atom stereocenters. The number of unbranched alkanes of at least 4 members (excludes halogenated alkanes) is 1. The van der Waals surface area contributed by atoms with Crippen molar-refractivity contribution < 1.29 is 48.6 Å². The van der Waals surface area contributed by atoms with Crippen LogP contribution in [0, 0.1) is 11.8 Å². The average molecular weight is 867 g/mol. The number of nitrogens with one attached hydrogen (secondary N) is 7. The SMILES string of the molecule is CC[C@H](C)[C@H]1NC(=O)[C@H](Cc2ccc(O)cc2)NC(=O)[C@@H](C(C)C)NC(=O)[C@H](CCCCN)NC(=O)[C@H](CCC(=O)O)NC(=O)[C@H]2CCCN2C(=O)[C@H](Cc2ncc[nH]2)NC1=O. The Morgan fingerprint density at radius 3 is 2.00 bits per heavy atom. The van der Waals surface area contributed by atoms with Crippen LogP contribution in [0.15, 0.2) is 36.7 Å². The van der Waals surface area contributed by atoms with E-state index in [0.717, 1.165) is 0 Å². The van der Waals surface area contributed by atoms with Crippen molar-refractivity contribution in [1.82, 2.24) is 46.8 Å². The van der Waals surface area contributed by atoms with Crippen molar-refractivity contribution in [3.8, 4) is 5.75 Å². The molecule has 2 aliphatic heterocycles. The molecule has 11 N–H and O–H groups in total. The Morgan fingerprint density at radius 2 is 1.37 bits per heavy atom. The summed E-state index contributed by atoms with van der Waals surface area (Å²) in [6.07, 6.45) is 3.92. The molecule has 340 valence electrons. The van der Waals surface area contributed by atoms with Gasteiger partial charge in [-0.3, -0.25) is 38.4 Å². The van der Waals surface area contributed by atoms with Crippen LogP contribution >= 0.6 is 0 Å². The number of phenols is 1. The zero-order chi connectivity index (χ0) is 45.5. The van der Waals surface area contributed by atoms with Crippen molar-refractivity contribution >= 4 is 47.3 Å². The van der Waals surface area contributed by atoms with Gasteiger partial charge in [0.2, 0.25) is 41.4 Å². The van der Waals surface area contributed by atoms with Gasteiger partial charge in [-0.1, -0.05) is 46.2 Å². The smallest absolute Gasteiger partial charge is 0.303 e.